The fourth-order valence-corrected chi connectivity index (χ4v) is 2.36. The molecule has 1 aliphatic rings. The van der Waals surface area contributed by atoms with Crippen LogP contribution in [0.15, 0.2) is 24.3 Å². The number of carboxylic acids is 1. The van der Waals surface area contributed by atoms with Gasteiger partial charge >= 0.3 is 5.97 Å². The van der Waals surface area contributed by atoms with Gasteiger partial charge in [0.15, 0.2) is 0 Å². The lowest BCUT2D eigenvalue weighted by atomic mass is 10.2. The van der Waals surface area contributed by atoms with Gasteiger partial charge < -0.3 is 14.9 Å². The molecule has 1 fully saturated rings. The third-order valence-corrected chi connectivity index (χ3v) is 3.63. The van der Waals surface area contributed by atoms with E-state index in [1.807, 2.05) is 24.3 Å². The van der Waals surface area contributed by atoms with Crippen LogP contribution < -0.4 is 4.90 Å². The van der Waals surface area contributed by atoms with Crippen LogP contribution in [0.3, 0.4) is 0 Å². The van der Waals surface area contributed by atoms with E-state index in [1.54, 1.807) is 4.90 Å². The molecular weight excluding hydrogens is 280 g/mol. The molecule has 0 radical (unpaired) electrons. The Labute approximate surface area is 122 Å². The maximum absolute atomic E-state index is 11.8. The maximum atomic E-state index is 11.8. The van der Waals surface area contributed by atoms with E-state index in [4.69, 9.17) is 16.7 Å². The lowest BCUT2D eigenvalue weighted by Crippen LogP contribution is -2.48. The van der Waals surface area contributed by atoms with Crippen LogP contribution in [0.2, 0.25) is 5.02 Å². The molecule has 0 atom stereocenters. The highest BCUT2D eigenvalue weighted by atomic mass is 35.5. The summed E-state index contributed by atoms with van der Waals surface area (Å²) in [5, 5.41) is 9.29. The molecular formula is C14H17ClN2O3. The Kier molecular flexibility index (Phi) is 4.84. The van der Waals surface area contributed by atoms with Crippen molar-refractivity contribution in [1.82, 2.24) is 4.90 Å². The van der Waals surface area contributed by atoms with E-state index >= 15 is 0 Å². The van der Waals surface area contributed by atoms with Crippen molar-refractivity contribution in [3.8, 4) is 0 Å². The SMILES string of the molecule is O=C(O)CCC(=O)N1CCN(c2ccc(Cl)cc2)CC1. The number of anilines is 1. The molecule has 6 heteroatoms. The van der Waals surface area contributed by atoms with Gasteiger partial charge in [0.1, 0.15) is 0 Å². The zero-order valence-corrected chi connectivity index (χ0v) is 11.8. The molecule has 1 N–H and O–H groups in total. The van der Waals surface area contributed by atoms with Crippen molar-refractivity contribution in [3.63, 3.8) is 0 Å². The first kappa shape index (κ1) is 14.7. The minimum Gasteiger partial charge on any atom is -0.481 e. The number of rotatable bonds is 4. The number of carbonyl (C=O) groups excluding carboxylic acids is 1. The minimum absolute atomic E-state index is 0.0796. The second-order valence-electron chi connectivity index (χ2n) is 4.74. The monoisotopic (exact) mass is 296 g/mol. The zero-order valence-electron chi connectivity index (χ0n) is 11.1. The molecule has 1 heterocycles. The van der Waals surface area contributed by atoms with E-state index < -0.39 is 5.97 Å². The zero-order chi connectivity index (χ0) is 14.5. The van der Waals surface area contributed by atoms with Crippen molar-refractivity contribution >= 4 is 29.2 Å². The summed E-state index contributed by atoms with van der Waals surface area (Å²) in [6, 6.07) is 7.62. The molecule has 1 aromatic carbocycles. The van der Waals surface area contributed by atoms with Gasteiger partial charge in [-0.1, -0.05) is 11.6 Å². The summed E-state index contributed by atoms with van der Waals surface area (Å²) in [6.45, 7) is 2.75. The van der Waals surface area contributed by atoms with Gasteiger partial charge in [-0.3, -0.25) is 9.59 Å². The van der Waals surface area contributed by atoms with Crippen LogP contribution >= 0.6 is 11.6 Å². The van der Waals surface area contributed by atoms with Crippen molar-refractivity contribution < 1.29 is 14.7 Å². The van der Waals surface area contributed by atoms with E-state index in [0.717, 1.165) is 18.8 Å². The second kappa shape index (κ2) is 6.61. The minimum atomic E-state index is -0.932. The molecule has 0 spiro atoms. The molecule has 20 heavy (non-hydrogen) atoms. The molecule has 0 aliphatic carbocycles. The number of piperazine rings is 1. The largest absolute Gasteiger partial charge is 0.481 e. The van der Waals surface area contributed by atoms with Gasteiger partial charge in [-0.2, -0.15) is 0 Å². The third-order valence-electron chi connectivity index (χ3n) is 3.38. The summed E-state index contributed by atoms with van der Waals surface area (Å²) >= 11 is 5.86. The lowest BCUT2D eigenvalue weighted by molar-refractivity contribution is -0.141. The predicted octanol–water partition coefficient (Wildman–Crippen LogP) is 1.85. The first-order valence-corrected chi connectivity index (χ1v) is 6.94. The van der Waals surface area contributed by atoms with Gasteiger partial charge in [-0.25, -0.2) is 0 Å². The van der Waals surface area contributed by atoms with E-state index in [2.05, 4.69) is 4.90 Å². The number of hydrogen-bond acceptors (Lipinski definition) is 3. The van der Waals surface area contributed by atoms with Gasteiger partial charge in [-0.05, 0) is 24.3 Å². The van der Waals surface area contributed by atoms with Gasteiger partial charge in [0.25, 0.3) is 0 Å². The van der Waals surface area contributed by atoms with Crippen molar-refractivity contribution in [2.45, 2.75) is 12.8 Å². The van der Waals surface area contributed by atoms with E-state index in [1.165, 1.54) is 0 Å². The topological polar surface area (TPSA) is 60.9 Å². The molecule has 1 aliphatic heterocycles. The third kappa shape index (κ3) is 3.87. The van der Waals surface area contributed by atoms with Gasteiger partial charge in [0.2, 0.25) is 5.91 Å². The Bertz CT molecular complexity index is 482. The lowest BCUT2D eigenvalue weighted by Gasteiger charge is -2.36. The summed E-state index contributed by atoms with van der Waals surface area (Å²) in [5.41, 5.74) is 1.09. The molecule has 0 saturated carbocycles. The molecule has 0 aromatic heterocycles. The summed E-state index contributed by atoms with van der Waals surface area (Å²) < 4.78 is 0. The summed E-state index contributed by atoms with van der Waals surface area (Å²) in [7, 11) is 0. The van der Waals surface area contributed by atoms with Gasteiger partial charge in [0.05, 0.1) is 6.42 Å². The first-order chi connectivity index (χ1) is 9.56. The van der Waals surface area contributed by atoms with E-state index in [0.29, 0.717) is 18.1 Å². The molecule has 108 valence electrons. The molecule has 2 rings (SSSR count). The summed E-state index contributed by atoms with van der Waals surface area (Å²) in [6.07, 6.45) is -0.0213. The van der Waals surface area contributed by atoms with Crippen molar-refractivity contribution in [2.75, 3.05) is 31.1 Å². The van der Waals surface area contributed by atoms with Crippen LogP contribution in [0.1, 0.15) is 12.8 Å². The fraction of sp³-hybridized carbons (Fsp3) is 0.429. The number of hydrogen-bond donors (Lipinski definition) is 1. The van der Waals surface area contributed by atoms with Crippen LogP contribution in [0, 0.1) is 0 Å². The van der Waals surface area contributed by atoms with E-state index in [-0.39, 0.29) is 18.7 Å². The fourth-order valence-electron chi connectivity index (χ4n) is 2.24. The van der Waals surface area contributed by atoms with Gasteiger partial charge in [-0.15, -0.1) is 0 Å². The number of aliphatic carboxylic acids is 1. The van der Waals surface area contributed by atoms with Crippen LogP contribution in [-0.4, -0.2) is 48.1 Å². The highest BCUT2D eigenvalue weighted by molar-refractivity contribution is 6.30. The number of benzene rings is 1. The maximum Gasteiger partial charge on any atom is 0.303 e. The molecule has 1 aromatic rings. The second-order valence-corrected chi connectivity index (χ2v) is 5.17. The van der Waals surface area contributed by atoms with Crippen molar-refractivity contribution in [3.05, 3.63) is 29.3 Å². The average molecular weight is 297 g/mol. The van der Waals surface area contributed by atoms with Gasteiger partial charge in [0, 0.05) is 43.3 Å². The number of amides is 1. The highest BCUT2D eigenvalue weighted by Crippen LogP contribution is 2.19. The Hall–Kier alpha value is -1.75. The highest BCUT2D eigenvalue weighted by Gasteiger charge is 2.21. The summed E-state index contributed by atoms with van der Waals surface area (Å²) in [5.74, 6) is -1.01. The smallest absolute Gasteiger partial charge is 0.303 e. The Morgan fingerprint density at radius 3 is 2.20 bits per heavy atom. The molecule has 1 amide bonds. The van der Waals surface area contributed by atoms with E-state index in [9.17, 15) is 9.59 Å². The molecule has 5 nitrogen and oxygen atoms in total. The van der Waals surface area contributed by atoms with Crippen LogP contribution in [-0.2, 0) is 9.59 Å². The van der Waals surface area contributed by atoms with Crippen LogP contribution in [0.5, 0.6) is 0 Å². The Morgan fingerprint density at radius 1 is 1.05 bits per heavy atom. The Morgan fingerprint density at radius 2 is 1.65 bits per heavy atom. The average Bonchev–Trinajstić information content (AvgIpc) is 2.46. The Balaban J connectivity index is 1.84. The standard InChI is InChI=1S/C14H17ClN2O3/c15-11-1-3-12(4-2-11)16-7-9-17(10-8-16)13(18)5-6-14(19)20/h1-4H,5-10H2,(H,19,20). The first-order valence-electron chi connectivity index (χ1n) is 6.56. The number of halogens is 1. The van der Waals surface area contributed by atoms with Crippen molar-refractivity contribution in [1.29, 1.82) is 0 Å². The normalized spacial score (nSPS) is 15.2. The van der Waals surface area contributed by atoms with Crippen LogP contribution in [0.4, 0.5) is 5.69 Å². The quantitative estimate of drug-likeness (QED) is 0.921. The van der Waals surface area contributed by atoms with Crippen molar-refractivity contribution in [2.24, 2.45) is 0 Å². The molecule has 1 saturated heterocycles. The predicted molar refractivity (Wildman–Crippen MR) is 77.1 cm³/mol. The molecule has 0 unspecified atom stereocenters. The van der Waals surface area contributed by atoms with Crippen LogP contribution in [0.25, 0.3) is 0 Å². The number of carbonyl (C=O) groups is 2. The number of carboxylic acid groups (broad SMARTS) is 1. The number of nitrogens with zero attached hydrogens (tertiary/aromatic N) is 2. The summed E-state index contributed by atoms with van der Waals surface area (Å²) in [4.78, 5) is 26.2. The molecule has 0 bridgehead atoms.